The van der Waals surface area contributed by atoms with Crippen molar-refractivity contribution < 1.29 is 4.42 Å². The SMILES string of the molecule is CCCC(N)C#Cc1ccoc1. The second-order valence-electron chi connectivity index (χ2n) is 2.68. The maximum Gasteiger partial charge on any atom is 0.106 e. The summed E-state index contributed by atoms with van der Waals surface area (Å²) in [6, 6.07) is 1.82. The van der Waals surface area contributed by atoms with Crippen LogP contribution in [0.3, 0.4) is 0 Å². The Labute approximate surface area is 72.8 Å². The van der Waals surface area contributed by atoms with E-state index in [0.717, 1.165) is 18.4 Å². The fourth-order valence-electron chi connectivity index (χ4n) is 0.895. The van der Waals surface area contributed by atoms with E-state index in [9.17, 15) is 0 Å². The first kappa shape index (κ1) is 8.89. The molecule has 0 amide bonds. The second-order valence-corrected chi connectivity index (χ2v) is 2.68. The minimum atomic E-state index is -0.00935. The fraction of sp³-hybridized carbons (Fsp3) is 0.400. The van der Waals surface area contributed by atoms with Gasteiger partial charge in [-0.2, -0.15) is 0 Å². The van der Waals surface area contributed by atoms with Gasteiger partial charge in [-0.3, -0.25) is 0 Å². The van der Waals surface area contributed by atoms with Gasteiger partial charge in [0.1, 0.15) is 6.26 Å². The van der Waals surface area contributed by atoms with Gasteiger partial charge in [0.25, 0.3) is 0 Å². The van der Waals surface area contributed by atoms with Gasteiger partial charge in [-0.1, -0.05) is 25.2 Å². The Morgan fingerprint density at radius 2 is 2.50 bits per heavy atom. The molecule has 1 unspecified atom stereocenters. The van der Waals surface area contributed by atoms with Gasteiger partial charge in [0.15, 0.2) is 0 Å². The van der Waals surface area contributed by atoms with Crippen molar-refractivity contribution in [2.75, 3.05) is 0 Å². The average molecular weight is 163 g/mol. The van der Waals surface area contributed by atoms with E-state index in [0.29, 0.717) is 0 Å². The van der Waals surface area contributed by atoms with E-state index < -0.39 is 0 Å². The standard InChI is InChI=1S/C10H13NO/c1-2-3-10(11)5-4-9-6-7-12-8-9/h6-8,10H,2-3,11H2,1H3. The van der Waals surface area contributed by atoms with Gasteiger partial charge in [0, 0.05) is 0 Å². The van der Waals surface area contributed by atoms with Crippen molar-refractivity contribution >= 4 is 0 Å². The van der Waals surface area contributed by atoms with Crippen LogP contribution in [0, 0.1) is 11.8 Å². The van der Waals surface area contributed by atoms with Gasteiger partial charge in [-0.05, 0) is 12.5 Å². The smallest absolute Gasteiger partial charge is 0.106 e. The van der Waals surface area contributed by atoms with Gasteiger partial charge in [0.2, 0.25) is 0 Å². The average Bonchev–Trinajstić information content (AvgIpc) is 2.53. The van der Waals surface area contributed by atoms with Crippen molar-refractivity contribution in [1.29, 1.82) is 0 Å². The molecule has 1 aromatic rings. The Balaban J connectivity index is 2.48. The van der Waals surface area contributed by atoms with Crippen LogP contribution in [0.5, 0.6) is 0 Å². The van der Waals surface area contributed by atoms with Crippen molar-refractivity contribution in [3.05, 3.63) is 24.2 Å². The summed E-state index contributed by atoms with van der Waals surface area (Å²) >= 11 is 0. The zero-order chi connectivity index (χ0) is 8.81. The van der Waals surface area contributed by atoms with E-state index in [-0.39, 0.29) is 6.04 Å². The van der Waals surface area contributed by atoms with E-state index in [4.69, 9.17) is 10.2 Å². The highest BCUT2D eigenvalue weighted by molar-refractivity contribution is 5.31. The van der Waals surface area contributed by atoms with E-state index in [2.05, 4.69) is 18.8 Å². The van der Waals surface area contributed by atoms with Gasteiger partial charge in [-0.25, -0.2) is 0 Å². The Morgan fingerprint density at radius 1 is 1.67 bits per heavy atom. The summed E-state index contributed by atoms with van der Waals surface area (Å²) in [5.74, 6) is 5.89. The molecule has 0 bridgehead atoms. The Morgan fingerprint density at radius 3 is 3.08 bits per heavy atom. The molecule has 0 aliphatic heterocycles. The third-order valence-corrected chi connectivity index (χ3v) is 1.52. The summed E-state index contributed by atoms with van der Waals surface area (Å²) in [6.07, 6.45) is 5.24. The summed E-state index contributed by atoms with van der Waals surface area (Å²) in [5.41, 5.74) is 6.59. The number of hydrogen-bond acceptors (Lipinski definition) is 2. The predicted octanol–water partition coefficient (Wildman–Crippen LogP) is 1.76. The molecule has 1 atom stereocenters. The first-order valence-electron chi connectivity index (χ1n) is 4.12. The van der Waals surface area contributed by atoms with Gasteiger partial charge < -0.3 is 10.2 Å². The summed E-state index contributed by atoms with van der Waals surface area (Å²) in [6.45, 7) is 2.10. The minimum absolute atomic E-state index is 0.00935. The van der Waals surface area contributed by atoms with Crippen LogP contribution in [-0.2, 0) is 0 Å². The lowest BCUT2D eigenvalue weighted by molar-refractivity contribution is 0.566. The molecule has 2 N–H and O–H groups in total. The Hall–Kier alpha value is -1.20. The van der Waals surface area contributed by atoms with Gasteiger partial charge in [0.05, 0.1) is 17.9 Å². The van der Waals surface area contributed by atoms with E-state index >= 15 is 0 Å². The van der Waals surface area contributed by atoms with Crippen LogP contribution in [0.25, 0.3) is 0 Å². The lowest BCUT2D eigenvalue weighted by Gasteiger charge is -1.97. The van der Waals surface area contributed by atoms with Gasteiger partial charge >= 0.3 is 0 Å². The number of furan rings is 1. The van der Waals surface area contributed by atoms with Crippen LogP contribution in [-0.4, -0.2) is 6.04 Å². The molecule has 0 fully saturated rings. The molecule has 12 heavy (non-hydrogen) atoms. The highest BCUT2D eigenvalue weighted by Crippen LogP contribution is 1.97. The summed E-state index contributed by atoms with van der Waals surface area (Å²) in [5, 5.41) is 0. The van der Waals surface area contributed by atoms with E-state index in [1.165, 1.54) is 0 Å². The topological polar surface area (TPSA) is 39.2 Å². The maximum atomic E-state index is 5.70. The van der Waals surface area contributed by atoms with Crippen LogP contribution in [0.15, 0.2) is 23.0 Å². The predicted molar refractivity (Wildman–Crippen MR) is 48.5 cm³/mol. The molecule has 1 aromatic heterocycles. The second kappa shape index (κ2) is 4.63. The maximum absolute atomic E-state index is 5.70. The molecule has 0 radical (unpaired) electrons. The normalized spacial score (nSPS) is 11.8. The van der Waals surface area contributed by atoms with Crippen LogP contribution >= 0.6 is 0 Å². The molecule has 1 heterocycles. The van der Waals surface area contributed by atoms with E-state index in [1.807, 2.05) is 6.07 Å². The lowest BCUT2D eigenvalue weighted by atomic mass is 10.2. The van der Waals surface area contributed by atoms with Crippen molar-refractivity contribution in [3.63, 3.8) is 0 Å². The molecule has 2 nitrogen and oxygen atoms in total. The lowest BCUT2D eigenvalue weighted by Crippen LogP contribution is -2.16. The molecular weight excluding hydrogens is 150 g/mol. The fourth-order valence-corrected chi connectivity index (χ4v) is 0.895. The van der Waals surface area contributed by atoms with Crippen molar-refractivity contribution in [1.82, 2.24) is 0 Å². The van der Waals surface area contributed by atoms with Crippen molar-refractivity contribution in [2.24, 2.45) is 5.73 Å². The Bertz CT molecular complexity index is 266. The first-order valence-corrected chi connectivity index (χ1v) is 4.12. The largest absolute Gasteiger partial charge is 0.471 e. The van der Waals surface area contributed by atoms with Crippen molar-refractivity contribution in [2.45, 2.75) is 25.8 Å². The highest BCUT2D eigenvalue weighted by Gasteiger charge is 1.93. The van der Waals surface area contributed by atoms with Crippen LogP contribution in [0.1, 0.15) is 25.3 Å². The molecule has 0 aromatic carbocycles. The molecule has 0 saturated heterocycles. The molecule has 0 spiro atoms. The molecule has 64 valence electrons. The van der Waals surface area contributed by atoms with E-state index in [1.54, 1.807) is 12.5 Å². The molecule has 0 saturated carbocycles. The zero-order valence-electron chi connectivity index (χ0n) is 7.21. The van der Waals surface area contributed by atoms with Crippen molar-refractivity contribution in [3.8, 4) is 11.8 Å². The molecule has 2 heteroatoms. The quantitative estimate of drug-likeness (QED) is 0.675. The highest BCUT2D eigenvalue weighted by atomic mass is 16.3. The number of nitrogens with two attached hydrogens (primary N) is 1. The summed E-state index contributed by atoms with van der Waals surface area (Å²) < 4.78 is 4.86. The molecule has 0 aliphatic carbocycles. The summed E-state index contributed by atoms with van der Waals surface area (Å²) in [4.78, 5) is 0. The monoisotopic (exact) mass is 163 g/mol. The van der Waals surface area contributed by atoms with Gasteiger partial charge in [-0.15, -0.1) is 0 Å². The third-order valence-electron chi connectivity index (χ3n) is 1.52. The minimum Gasteiger partial charge on any atom is -0.471 e. The number of rotatable bonds is 2. The zero-order valence-corrected chi connectivity index (χ0v) is 7.21. The van der Waals surface area contributed by atoms with Crippen LogP contribution in [0.4, 0.5) is 0 Å². The first-order chi connectivity index (χ1) is 5.83. The Kier molecular flexibility index (Phi) is 3.43. The van der Waals surface area contributed by atoms with Crippen LogP contribution in [0.2, 0.25) is 0 Å². The number of hydrogen-bond donors (Lipinski definition) is 1. The molecular formula is C10H13NO. The third kappa shape index (κ3) is 2.81. The molecule has 1 rings (SSSR count). The van der Waals surface area contributed by atoms with Crippen LogP contribution < -0.4 is 5.73 Å². The molecule has 0 aliphatic rings. The summed E-state index contributed by atoms with van der Waals surface area (Å²) in [7, 11) is 0.